The zero-order chi connectivity index (χ0) is 21.6. The number of carbonyl (C=O) groups excluding carboxylic acids is 1. The number of rotatable bonds is 9. The fourth-order valence-corrected chi connectivity index (χ4v) is 6.05. The second kappa shape index (κ2) is 10.3. The first kappa shape index (κ1) is 22.6. The summed E-state index contributed by atoms with van der Waals surface area (Å²) in [5, 5.41) is 4.72. The van der Waals surface area contributed by atoms with Crippen LogP contribution in [-0.2, 0) is 21.4 Å². The minimum Gasteiger partial charge on any atom is -0.490 e. The SMILES string of the molecule is CCOc1ccc(CNC(=O)C2CCN(S(=O)(=O)c3cccs3)CC2)cc1OCC. The van der Waals surface area contributed by atoms with Crippen molar-refractivity contribution in [2.45, 2.75) is 37.4 Å². The average Bonchev–Trinajstić information content (AvgIpc) is 3.30. The summed E-state index contributed by atoms with van der Waals surface area (Å²) >= 11 is 1.22. The Kier molecular flexibility index (Phi) is 7.74. The molecule has 0 unspecified atom stereocenters. The zero-order valence-electron chi connectivity index (χ0n) is 17.3. The molecule has 0 atom stereocenters. The van der Waals surface area contributed by atoms with Gasteiger partial charge in [0.05, 0.1) is 13.2 Å². The van der Waals surface area contributed by atoms with Crippen LogP contribution in [-0.4, -0.2) is 44.9 Å². The molecule has 1 aromatic carbocycles. The number of benzene rings is 1. The van der Waals surface area contributed by atoms with E-state index in [1.54, 1.807) is 17.5 Å². The molecule has 0 bridgehead atoms. The predicted octanol–water partition coefficient (Wildman–Crippen LogP) is 3.26. The molecule has 30 heavy (non-hydrogen) atoms. The molecule has 1 aliphatic heterocycles. The highest BCUT2D eigenvalue weighted by atomic mass is 32.2. The molecule has 1 amide bonds. The van der Waals surface area contributed by atoms with E-state index in [0.29, 0.717) is 61.4 Å². The summed E-state index contributed by atoms with van der Waals surface area (Å²) < 4.78 is 38.2. The van der Waals surface area contributed by atoms with Gasteiger partial charge in [0.1, 0.15) is 4.21 Å². The smallest absolute Gasteiger partial charge is 0.252 e. The Morgan fingerprint density at radius 1 is 1.13 bits per heavy atom. The third-order valence-corrected chi connectivity index (χ3v) is 8.26. The lowest BCUT2D eigenvalue weighted by atomic mass is 9.97. The molecule has 2 heterocycles. The van der Waals surface area contributed by atoms with Crippen molar-refractivity contribution >= 4 is 27.3 Å². The van der Waals surface area contributed by atoms with Crippen LogP contribution in [0.15, 0.2) is 39.9 Å². The van der Waals surface area contributed by atoms with Gasteiger partial charge in [0.2, 0.25) is 5.91 Å². The maximum absolute atomic E-state index is 12.6. The van der Waals surface area contributed by atoms with Crippen molar-refractivity contribution in [2.24, 2.45) is 5.92 Å². The minimum atomic E-state index is -3.45. The standard InChI is InChI=1S/C21H28N2O5S2/c1-3-27-18-8-7-16(14-19(18)28-4-2)15-22-21(24)17-9-11-23(12-10-17)30(25,26)20-6-5-13-29-20/h5-8,13-14,17H,3-4,9-12,15H2,1-2H3,(H,22,24). The number of thiophene rings is 1. The first-order valence-electron chi connectivity index (χ1n) is 10.2. The summed E-state index contributed by atoms with van der Waals surface area (Å²) in [6, 6.07) is 8.99. The molecule has 3 rings (SSSR count). The van der Waals surface area contributed by atoms with Crippen molar-refractivity contribution in [1.29, 1.82) is 0 Å². The number of sulfonamides is 1. The normalized spacial score (nSPS) is 15.7. The van der Waals surface area contributed by atoms with Crippen LogP contribution in [0, 0.1) is 5.92 Å². The Morgan fingerprint density at radius 2 is 1.83 bits per heavy atom. The minimum absolute atomic E-state index is 0.0463. The van der Waals surface area contributed by atoms with Crippen molar-refractivity contribution < 1.29 is 22.7 Å². The molecule has 9 heteroatoms. The molecule has 0 radical (unpaired) electrons. The van der Waals surface area contributed by atoms with Gasteiger partial charge >= 0.3 is 0 Å². The third-order valence-electron chi connectivity index (χ3n) is 4.99. The number of piperidine rings is 1. The number of carbonyl (C=O) groups is 1. The van der Waals surface area contributed by atoms with Gasteiger partial charge in [-0.2, -0.15) is 4.31 Å². The van der Waals surface area contributed by atoms with Gasteiger partial charge in [0.15, 0.2) is 11.5 Å². The lowest BCUT2D eigenvalue weighted by molar-refractivity contribution is -0.126. The summed E-state index contributed by atoms with van der Waals surface area (Å²) in [7, 11) is -3.45. The first-order valence-corrected chi connectivity index (χ1v) is 12.5. The number of hydrogen-bond donors (Lipinski definition) is 1. The van der Waals surface area contributed by atoms with Gasteiger partial charge in [0, 0.05) is 25.6 Å². The topological polar surface area (TPSA) is 84.9 Å². The summed E-state index contributed by atoms with van der Waals surface area (Å²) in [5.74, 6) is 1.12. The van der Waals surface area contributed by atoms with E-state index in [0.717, 1.165) is 5.56 Å². The van der Waals surface area contributed by atoms with Gasteiger partial charge in [-0.3, -0.25) is 4.79 Å². The van der Waals surface area contributed by atoms with Crippen LogP contribution < -0.4 is 14.8 Å². The van der Waals surface area contributed by atoms with Gasteiger partial charge in [-0.05, 0) is 55.8 Å². The van der Waals surface area contributed by atoms with E-state index in [9.17, 15) is 13.2 Å². The summed E-state index contributed by atoms with van der Waals surface area (Å²) in [6.07, 6.45) is 1.04. The molecule has 7 nitrogen and oxygen atoms in total. The van der Waals surface area contributed by atoms with Gasteiger partial charge in [-0.1, -0.05) is 12.1 Å². The lowest BCUT2D eigenvalue weighted by Crippen LogP contribution is -2.42. The van der Waals surface area contributed by atoms with Crippen molar-refractivity contribution in [2.75, 3.05) is 26.3 Å². The van der Waals surface area contributed by atoms with E-state index in [4.69, 9.17) is 9.47 Å². The molecule has 0 saturated carbocycles. The Hall–Kier alpha value is -2.10. The van der Waals surface area contributed by atoms with Crippen LogP contribution in [0.5, 0.6) is 11.5 Å². The van der Waals surface area contributed by atoms with Crippen molar-refractivity contribution in [3.63, 3.8) is 0 Å². The van der Waals surface area contributed by atoms with E-state index in [-0.39, 0.29) is 11.8 Å². The highest BCUT2D eigenvalue weighted by Gasteiger charge is 2.32. The largest absolute Gasteiger partial charge is 0.490 e. The lowest BCUT2D eigenvalue weighted by Gasteiger charge is -2.30. The highest BCUT2D eigenvalue weighted by Crippen LogP contribution is 2.29. The fraction of sp³-hybridized carbons (Fsp3) is 0.476. The molecule has 1 saturated heterocycles. The molecule has 0 aliphatic carbocycles. The highest BCUT2D eigenvalue weighted by molar-refractivity contribution is 7.91. The molecule has 1 aromatic heterocycles. The maximum atomic E-state index is 12.6. The molecule has 1 aliphatic rings. The van der Waals surface area contributed by atoms with Crippen molar-refractivity contribution in [1.82, 2.24) is 9.62 Å². The Labute approximate surface area is 182 Å². The third kappa shape index (κ3) is 5.33. The van der Waals surface area contributed by atoms with Gasteiger partial charge in [-0.15, -0.1) is 11.3 Å². The van der Waals surface area contributed by atoms with Gasteiger partial charge in [0.25, 0.3) is 10.0 Å². The summed E-state index contributed by atoms with van der Waals surface area (Å²) in [6.45, 7) is 6.01. The van der Waals surface area contributed by atoms with E-state index >= 15 is 0 Å². The zero-order valence-corrected chi connectivity index (χ0v) is 18.9. The summed E-state index contributed by atoms with van der Waals surface area (Å²) in [5.41, 5.74) is 0.924. The monoisotopic (exact) mass is 452 g/mol. The first-order chi connectivity index (χ1) is 14.5. The molecular weight excluding hydrogens is 424 g/mol. The Bertz CT molecular complexity index is 936. The molecule has 164 valence electrons. The van der Waals surface area contributed by atoms with Crippen molar-refractivity contribution in [3.8, 4) is 11.5 Å². The quantitative estimate of drug-likeness (QED) is 0.631. The van der Waals surface area contributed by atoms with Crippen LogP contribution >= 0.6 is 11.3 Å². The summed E-state index contributed by atoms with van der Waals surface area (Å²) in [4.78, 5) is 12.6. The fourth-order valence-electron chi connectivity index (χ4n) is 3.43. The molecule has 1 fully saturated rings. The predicted molar refractivity (Wildman–Crippen MR) is 116 cm³/mol. The van der Waals surface area contributed by atoms with Crippen LogP contribution in [0.1, 0.15) is 32.3 Å². The molecule has 2 aromatic rings. The second-order valence-electron chi connectivity index (χ2n) is 6.98. The van der Waals surface area contributed by atoms with Crippen LogP contribution in [0.3, 0.4) is 0 Å². The molecule has 0 spiro atoms. The Balaban J connectivity index is 1.53. The van der Waals surface area contributed by atoms with Gasteiger partial charge in [-0.25, -0.2) is 8.42 Å². The van der Waals surface area contributed by atoms with Gasteiger partial charge < -0.3 is 14.8 Å². The number of amides is 1. The number of nitrogens with zero attached hydrogens (tertiary/aromatic N) is 1. The van der Waals surface area contributed by atoms with E-state index < -0.39 is 10.0 Å². The van der Waals surface area contributed by atoms with Crippen LogP contribution in [0.4, 0.5) is 0 Å². The van der Waals surface area contributed by atoms with E-state index in [1.165, 1.54) is 15.6 Å². The molecular formula is C21H28N2O5S2. The van der Waals surface area contributed by atoms with E-state index in [1.807, 2.05) is 32.0 Å². The van der Waals surface area contributed by atoms with E-state index in [2.05, 4.69) is 5.32 Å². The molecule has 1 N–H and O–H groups in total. The Morgan fingerprint density at radius 3 is 2.47 bits per heavy atom. The maximum Gasteiger partial charge on any atom is 0.252 e. The van der Waals surface area contributed by atoms with Crippen molar-refractivity contribution in [3.05, 3.63) is 41.3 Å². The number of nitrogens with one attached hydrogen (secondary N) is 1. The number of ether oxygens (including phenoxy) is 2. The average molecular weight is 453 g/mol. The van der Waals surface area contributed by atoms with Crippen LogP contribution in [0.25, 0.3) is 0 Å². The number of hydrogen-bond acceptors (Lipinski definition) is 6. The van der Waals surface area contributed by atoms with Crippen LogP contribution in [0.2, 0.25) is 0 Å². The second-order valence-corrected chi connectivity index (χ2v) is 10.1.